The average Bonchev–Trinajstić information content (AvgIpc) is 2.93. The number of anilines is 1. The first-order valence-electron chi connectivity index (χ1n) is 7.52. The lowest BCUT2D eigenvalue weighted by Gasteiger charge is -2.23. The molecule has 2 aromatic rings. The molecule has 0 bridgehead atoms. The van der Waals surface area contributed by atoms with E-state index in [1.54, 1.807) is 11.3 Å². The number of hydrogen-bond donors (Lipinski definition) is 2. The van der Waals surface area contributed by atoms with Crippen molar-refractivity contribution in [2.24, 2.45) is 0 Å². The Labute approximate surface area is 134 Å². The van der Waals surface area contributed by atoms with Gasteiger partial charge in [0.2, 0.25) is 0 Å². The lowest BCUT2D eigenvalue weighted by molar-refractivity contribution is 0.0755. The molecule has 118 valence electrons. The number of aromatic nitrogens is 3. The van der Waals surface area contributed by atoms with E-state index in [2.05, 4.69) is 32.5 Å². The first-order valence-corrected chi connectivity index (χ1v) is 8.34. The van der Waals surface area contributed by atoms with Gasteiger partial charge in [0.15, 0.2) is 0 Å². The van der Waals surface area contributed by atoms with E-state index < -0.39 is 0 Å². The van der Waals surface area contributed by atoms with Crippen LogP contribution >= 0.6 is 11.3 Å². The highest BCUT2D eigenvalue weighted by atomic mass is 32.1. The molecule has 1 unspecified atom stereocenters. The smallest absolute Gasteiger partial charge is 0.129 e. The summed E-state index contributed by atoms with van der Waals surface area (Å²) in [6.07, 6.45) is 2.82. The Bertz CT molecular complexity index is 624. The van der Waals surface area contributed by atoms with Crippen molar-refractivity contribution in [1.82, 2.24) is 20.3 Å². The first kappa shape index (κ1) is 15.3. The van der Waals surface area contributed by atoms with Crippen LogP contribution in [0.25, 0.3) is 0 Å². The van der Waals surface area contributed by atoms with Crippen LogP contribution in [0.5, 0.6) is 0 Å². The molecule has 1 aliphatic rings. The van der Waals surface area contributed by atoms with Crippen LogP contribution in [0.1, 0.15) is 27.4 Å². The number of morpholine rings is 1. The van der Waals surface area contributed by atoms with E-state index in [9.17, 15) is 0 Å². The molecule has 1 fully saturated rings. The summed E-state index contributed by atoms with van der Waals surface area (Å²) in [6, 6.07) is 2.16. The molecule has 0 spiro atoms. The van der Waals surface area contributed by atoms with E-state index in [0.29, 0.717) is 6.61 Å². The summed E-state index contributed by atoms with van der Waals surface area (Å²) in [5, 5.41) is 7.94. The van der Waals surface area contributed by atoms with Crippen LogP contribution in [0, 0.1) is 13.8 Å². The van der Waals surface area contributed by atoms with Gasteiger partial charge in [0.1, 0.15) is 11.6 Å². The minimum Gasteiger partial charge on any atom is -0.378 e. The molecule has 3 heterocycles. The number of nitrogens with one attached hydrogen (secondary N) is 2. The summed E-state index contributed by atoms with van der Waals surface area (Å²) < 4.78 is 5.51. The Hall–Kier alpha value is -1.57. The number of aryl methyl sites for hydroxylation is 2. The second-order valence-corrected chi connectivity index (χ2v) is 6.67. The van der Waals surface area contributed by atoms with E-state index in [1.807, 2.05) is 19.2 Å². The Kier molecular flexibility index (Phi) is 4.97. The van der Waals surface area contributed by atoms with Gasteiger partial charge in [0.05, 0.1) is 30.0 Å². The molecule has 0 amide bonds. The van der Waals surface area contributed by atoms with Gasteiger partial charge < -0.3 is 15.4 Å². The molecule has 7 heteroatoms. The summed E-state index contributed by atoms with van der Waals surface area (Å²) >= 11 is 1.74. The van der Waals surface area contributed by atoms with Crippen molar-refractivity contribution in [3.8, 4) is 0 Å². The Morgan fingerprint density at radius 3 is 3.05 bits per heavy atom. The SMILES string of the molecule is Cc1nc(NCCc2ncc(C)s2)cc(C2COCCN2)n1. The van der Waals surface area contributed by atoms with Crippen LogP contribution in [-0.2, 0) is 11.2 Å². The van der Waals surface area contributed by atoms with Crippen LogP contribution < -0.4 is 10.6 Å². The van der Waals surface area contributed by atoms with Crippen LogP contribution in [0.2, 0.25) is 0 Å². The third kappa shape index (κ3) is 4.00. The van der Waals surface area contributed by atoms with Gasteiger partial charge in [0, 0.05) is 36.7 Å². The minimum atomic E-state index is 0.151. The zero-order chi connectivity index (χ0) is 15.4. The standard InChI is InChI=1S/C15H21N5OS/c1-10-8-18-15(22-10)3-4-17-14-7-12(19-11(2)20-14)13-9-21-6-5-16-13/h7-8,13,16H,3-6,9H2,1-2H3,(H,17,19,20). The molecule has 1 aliphatic heterocycles. The lowest BCUT2D eigenvalue weighted by Crippen LogP contribution is -2.35. The molecule has 1 atom stereocenters. The number of ether oxygens (including phenoxy) is 1. The third-order valence-electron chi connectivity index (χ3n) is 3.45. The summed E-state index contributed by atoms with van der Waals surface area (Å²) in [5.41, 5.74) is 0.986. The molecule has 6 nitrogen and oxygen atoms in total. The molecule has 0 radical (unpaired) electrons. The predicted molar refractivity (Wildman–Crippen MR) is 87.4 cm³/mol. The monoisotopic (exact) mass is 319 g/mol. The van der Waals surface area contributed by atoms with E-state index in [1.165, 1.54) is 4.88 Å². The molecule has 3 rings (SSSR count). The van der Waals surface area contributed by atoms with Gasteiger partial charge in [-0.1, -0.05) is 0 Å². The fourth-order valence-electron chi connectivity index (χ4n) is 2.43. The Morgan fingerprint density at radius 1 is 1.41 bits per heavy atom. The second-order valence-electron chi connectivity index (χ2n) is 5.35. The van der Waals surface area contributed by atoms with Crippen molar-refractivity contribution in [2.75, 3.05) is 31.6 Å². The average molecular weight is 319 g/mol. The highest BCUT2D eigenvalue weighted by Gasteiger charge is 2.17. The summed E-state index contributed by atoms with van der Waals surface area (Å²) in [5.74, 6) is 1.64. The summed E-state index contributed by atoms with van der Waals surface area (Å²) in [7, 11) is 0. The molecule has 0 saturated carbocycles. The van der Waals surface area contributed by atoms with Crippen molar-refractivity contribution in [3.05, 3.63) is 33.7 Å². The van der Waals surface area contributed by atoms with Crippen molar-refractivity contribution < 1.29 is 4.74 Å². The van der Waals surface area contributed by atoms with Gasteiger partial charge >= 0.3 is 0 Å². The van der Waals surface area contributed by atoms with Crippen molar-refractivity contribution in [2.45, 2.75) is 26.3 Å². The Balaban J connectivity index is 1.61. The van der Waals surface area contributed by atoms with Crippen molar-refractivity contribution >= 4 is 17.2 Å². The molecule has 2 aromatic heterocycles. The topological polar surface area (TPSA) is 72.0 Å². The number of rotatable bonds is 5. The molecular weight excluding hydrogens is 298 g/mol. The molecule has 22 heavy (non-hydrogen) atoms. The first-order chi connectivity index (χ1) is 10.7. The number of hydrogen-bond acceptors (Lipinski definition) is 7. The zero-order valence-corrected chi connectivity index (χ0v) is 13.7. The van der Waals surface area contributed by atoms with Gasteiger partial charge in [0.25, 0.3) is 0 Å². The van der Waals surface area contributed by atoms with E-state index in [4.69, 9.17) is 4.74 Å². The Morgan fingerprint density at radius 2 is 2.32 bits per heavy atom. The van der Waals surface area contributed by atoms with Crippen LogP contribution in [0.15, 0.2) is 12.3 Å². The quantitative estimate of drug-likeness (QED) is 0.876. The zero-order valence-electron chi connectivity index (χ0n) is 12.9. The molecule has 0 aliphatic carbocycles. The van der Waals surface area contributed by atoms with Crippen molar-refractivity contribution in [3.63, 3.8) is 0 Å². The van der Waals surface area contributed by atoms with E-state index >= 15 is 0 Å². The number of thiazole rings is 1. The van der Waals surface area contributed by atoms with Crippen LogP contribution in [-0.4, -0.2) is 41.3 Å². The van der Waals surface area contributed by atoms with Crippen molar-refractivity contribution in [1.29, 1.82) is 0 Å². The van der Waals surface area contributed by atoms with Crippen LogP contribution in [0.3, 0.4) is 0 Å². The van der Waals surface area contributed by atoms with Gasteiger partial charge in [-0.3, -0.25) is 0 Å². The molecule has 0 aromatic carbocycles. The minimum absolute atomic E-state index is 0.151. The second kappa shape index (κ2) is 7.13. The fraction of sp³-hybridized carbons (Fsp3) is 0.533. The highest BCUT2D eigenvalue weighted by molar-refractivity contribution is 7.11. The fourth-order valence-corrected chi connectivity index (χ4v) is 3.22. The largest absolute Gasteiger partial charge is 0.378 e. The lowest BCUT2D eigenvalue weighted by atomic mass is 10.2. The van der Waals surface area contributed by atoms with Gasteiger partial charge in [-0.2, -0.15) is 0 Å². The number of nitrogens with zero attached hydrogens (tertiary/aromatic N) is 3. The van der Waals surface area contributed by atoms with Gasteiger partial charge in [-0.25, -0.2) is 15.0 Å². The maximum Gasteiger partial charge on any atom is 0.129 e. The molecular formula is C15H21N5OS. The predicted octanol–water partition coefficient (Wildman–Crippen LogP) is 1.87. The molecule has 1 saturated heterocycles. The maximum atomic E-state index is 5.51. The highest BCUT2D eigenvalue weighted by Crippen LogP contribution is 2.17. The summed E-state index contributed by atoms with van der Waals surface area (Å²) in [6.45, 7) is 7.10. The van der Waals surface area contributed by atoms with E-state index in [0.717, 1.165) is 48.5 Å². The maximum absolute atomic E-state index is 5.51. The summed E-state index contributed by atoms with van der Waals surface area (Å²) in [4.78, 5) is 14.6. The van der Waals surface area contributed by atoms with Crippen LogP contribution in [0.4, 0.5) is 5.82 Å². The van der Waals surface area contributed by atoms with Gasteiger partial charge in [-0.15, -0.1) is 11.3 Å². The third-order valence-corrected chi connectivity index (χ3v) is 4.42. The van der Waals surface area contributed by atoms with Gasteiger partial charge in [-0.05, 0) is 13.8 Å². The van der Waals surface area contributed by atoms with E-state index in [-0.39, 0.29) is 6.04 Å². The normalized spacial score (nSPS) is 18.4. The molecule has 2 N–H and O–H groups in total.